The third-order valence-electron chi connectivity index (χ3n) is 4.90. The van der Waals surface area contributed by atoms with E-state index in [0.29, 0.717) is 17.5 Å². The molecule has 1 amide bonds. The largest absolute Gasteiger partial charge is 0.494 e. The summed E-state index contributed by atoms with van der Waals surface area (Å²) in [7, 11) is 0. The Balaban J connectivity index is 1.64. The van der Waals surface area contributed by atoms with E-state index in [9.17, 15) is 9.18 Å². The van der Waals surface area contributed by atoms with E-state index in [1.165, 1.54) is 23.9 Å². The standard InChI is InChI=1S/C22H24FN5O2S/c1-3-5-18-25-26-22-28(18)27-19(14-6-12-17(13-7-14)30-4-2)20(31-22)21(29)24-16-10-8-15(23)9-11-16/h6-13,19-20,27H,3-5H2,1-2H3,(H,24,29)/t19-,20-/m1/s1. The average Bonchev–Trinajstić information content (AvgIpc) is 3.17. The molecule has 2 atom stereocenters. The van der Waals surface area contributed by atoms with Crippen molar-refractivity contribution in [2.45, 2.75) is 43.1 Å². The molecule has 0 aliphatic carbocycles. The van der Waals surface area contributed by atoms with Crippen LogP contribution in [0.15, 0.2) is 53.7 Å². The third-order valence-corrected chi connectivity index (χ3v) is 6.11. The van der Waals surface area contributed by atoms with Crippen LogP contribution in [0.1, 0.15) is 37.7 Å². The molecular formula is C22H24FN5O2S. The summed E-state index contributed by atoms with van der Waals surface area (Å²) in [4.78, 5) is 13.2. The highest BCUT2D eigenvalue weighted by atomic mass is 32.2. The van der Waals surface area contributed by atoms with Crippen LogP contribution in [0.4, 0.5) is 10.1 Å². The van der Waals surface area contributed by atoms with Gasteiger partial charge in [-0.3, -0.25) is 4.79 Å². The molecule has 9 heteroatoms. The Morgan fingerprint density at radius 3 is 2.58 bits per heavy atom. The maximum atomic E-state index is 13.2. The number of thioether (sulfide) groups is 1. The van der Waals surface area contributed by atoms with E-state index >= 15 is 0 Å². The quantitative estimate of drug-likeness (QED) is 0.573. The van der Waals surface area contributed by atoms with Gasteiger partial charge in [0.05, 0.1) is 12.6 Å². The van der Waals surface area contributed by atoms with E-state index < -0.39 is 5.25 Å². The number of carbonyl (C=O) groups is 1. The molecule has 31 heavy (non-hydrogen) atoms. The summed E-state index contributed by atoms with van der Waals surface area (Å²) in [6, 6.07) is 13.1. The first-order valence-electron chi connectivity index (χ1n) is 10.3. The van der Waals surface area contributed by atoms with Crippen LogP contribution < -0.4 is 15.5 Å². The molecule has 0 radical (unpaired) electrons. The molecule has 2 heterocycles. The summed E-state index contributed by atoms with van der Waals surface area (Å²) in [6.45, 7) is 4.61. The SMILES string of the molecule is CCCc1nnc2n1N[C@H](c1ccc(OCC)cc1)[C@H](C(=O)Nc1ccc(F)cc1)S2. The highest BCUT2D eigenvalue weighted by molar-refractivity contribution is 8.00. The molecule has 0 saturated heterocycles. The van der Waals surface area contributed by atoms with Crippen LogP contribution in [-0.2, 0) is 11.2 Å². The van der Waals surface area contributed by atoms with Crippen LogP contribution in [0.25, 0.3) is 0 Å². The number of benzene rings is 2. The fourth-order valence-corrected chi connectivity index (χ4v) is 4.52. The first kappa shape index (κ1) is 21.2. The molecule has 2 N–H and O–H groups in total. The maximum absolute atomic E-state index is 13.2. The fourth-order valence-electron chi connectivity index (χ4n) is 3.42. The summed E-state index contributed by atoms with van der Waals surface area (Å²) in [5.74, 6) is 1.06. The topological polar surface area (TPSA) is 81.1 Å². The number of ether oxygens (including phenoxy) is 1. The zero-order valence-corrected chi connectivity index (χ0v) is 18.2. The molecule has 1 aromatic heterocycles. The minimum absolute atomic E-state index is 0.200. The highest BCUT2D eigenvalue weighted by Crippen LogP contribution is 2.38. The zero-order valence-electron chi connectivity index (χ0n) is 17.3. The molecule has 1 aliphatic rings. The number of aryl methyl sites for hydroxylation is 1. The Bertz CT molecular complexity index is 1040. The van der Waals surface area contributed by atoms with Crippen molar-refractivity contribution >= 4 is 23.4 Å². The van der Waals surface area contributed by atoms with Crippen molar-refractivity contribution in [2.24, 2.45) is 0 Å². The van der Waals surface area contributed by atoms with Crippen molar-refractivity contribution < 1.29 is 13.9 Å². The van der Waals surface area contributed by atoms with Crippen molar-refractivity contribution in [2.75, 3.05) is 17.3 Å². The fraction of sp³-hybridized carbons (Fsp3) is 0.318. The van der Waals surface area contributed by atoms with Gasteiger partial charge in [-0.1, -0.05) is 30.8 Å². The van der Waals surface area contributed by atoms with Crippen LogP contribution in [0.5, 0.6) is 5.75 Å². The summed E-state index contributed by atoms with van der Waals surface area (Å²) in [5.41, 5.74) is 4.91. The molecule has 162 valence electrons. The monoisotopic (exact) mass is 441 g/mol. The molecule has 4 rings (SSSR count). The molecule has 2 aromatic carbocycles. The second-order valence-electron chi connectivity index (χ2n) is 7.13. The van der Waals surface area contributed by atoms with Gasteiger partial charge in [-0.2, -0.15) is 0 Å². The Hall–Kier alpha value is -3.07. The number of amides is 1. The van der Waals surface area contributed by atoms with Gasteiger partial charge in [0.25, 0.3) is 0 Å². The molecule has 0 unspecified atom stereocenters. The van der Waals surface area contributed by atoms with Crippen LogP contribution in [0.3, 0.4) is 0 Å². The number of hydrogen-bond donors (Lipinski definition) is 2. The Morgan fingerprint density at radius 2 is 1.90 bits per heavy atom. The minimum atomic E-state index is -0.505. The van der Waals surface area contributed by atoms with Crippen LogP contribution >= 0.6 is 11.8 Å². The van der Waals surface area contributed by atoms with Crippen molar-refractivity contribution in [1.82, 2.24) is 14.9 Å². The van der Waals surface area contributed by atoms with E-state index in [4.69, 9.17) is 4.74 Å². The summed E-state index contributed by atoms with van der Waals surface area (Å²) in [6.07, 6.45) is 1.72. The first-order valence-corrected chi connectivity index (χ1v) is 11.1. The number of nitrogens with zero attached hydrogens (tertiary/aromatic N) is 3. The molecule has 7 nitrogen and oxygen atoms in total. The van der Waals surface area contributed by atoms with E-state index in [1.807, 2.05) is 35.9 Å². The lowest BCUT2D eigenvalue weighted by Crippen LogP contribution is -2.41. The summed E-state index contributed by atoms with van der Waals surface area (Å²) >= 11 is 1.36. The van der Waals surface area contributed by atoms with Gasteiger partial charge in [0.15, 0.2) is 5.82 Å². The average molecular weight is 442 g/mol. The summed E-state index contributed by atoms with van der Waals surface area (Å²) < 4.78 is 20.6. The lowest BCUT2D eigenvalue weighted by molar-refractivity contribution is -0.116. The number of aromatic nitrogens is 3. The number of nitrogens with one attached hydrogen (secondary N) is 2. The molecule has 1 aliphatic heterocycles. The second kappa shape index (κ2) is 9.38. The lowest BCUT2D eigenvalue weighted by atomic mass is 10.0. The Labute approximate surface area is 184 Å². The molecule has 0 fully saturated rings. The predicted molar refractivity (Wildman–Crippen MR) is 118 cm³/mol. The highest BCUT2D eigenvalue weighted by Gasteiger charge is 2.37. The Kier molecular flexibility index (Phi) is 6.41. The number of carbonyl (C=O) groups excluding carboxylic acids is 1. The van der Waals surface area contributed by atoms with Gasteiger partial charge >= 0.3 is 0 Å². The van der Waals surface area contributed by atoms with Crippen LogP contribution in [-0.4, -0.2) is 32.6 Å². The lowest BCUT2D eigenvalue weighted by Gasteiger charge is -2.33. The van der Waals surface area contributed by atoms with Crippen molar-refractivity contribution in [3.63, 3.8) is 0 Å². The minimum Gasteiger partial charge on any atom is -0.494 e. The van der Waals surface area contributed by atoms with E-state index in [-0.39, 0.29) is 17.8 Å². The third kappa shape index (κ3) is 4.66. The van der Waals surface area contributed by atoms with Gasteiger partial charge in [-0.15, -0.1) is 10.2 Å². The maximum Gasteiger partial charge on any atom is 0.240 e. The molecule has 0 spiro atoms. The number of rotatable bonds is 7. The molecule has 0 saturated carbocycles. The van der Waals surface area contributed by atoms with Crippen LogP contribution in [0.2, 0.25) is 0 Å². The molecule has 3 aromatic rings. The van der Waals surface area contributed by atoms with E-state index in [0.717, 1.165) is 30.0 Å². The molecule has 0 bridgehead atoms. The van der Waals surface area contributed by atoms with Gasteiger partial charge < -0.3 is 15.5 Å². The van der Waals surface area contributed by atoms with Crippen molar-refractivity contribution in [1.29, 1.82) is 0 Å². The second-order valence-corrected chi connectivity index (χ2v) is 8.24. The normalized spacial score (nSPS) is 17.5. The predicted octanol–water partition coefficient (Wildman–Crippen LogP) is 4.17. The Morgan fingerprint density at radius 1 is 1.16 bits per heavy atom. The van der Waals surface area contributed by atoms with Gasteiger partial charge in [-0.05, 0) is 55.3 Å². The number of fused-ring (bicyclic) bond motifs is 1. The zero-order chi connectivity index (χ0) is 21.8. The van der Waals surface area contributed by atoms with Crippen molar-refractivity contribution in [3.8, 4) is 5.75 Å². The number of hydrogen-bond acceptors (Lipinski definition) is 6. The molecular weight excluding hydrogens is 417 g/mol. The van der Waals surface area contributed by atoms with Gasteiger partial charge in [0, 0.05) is 12.1 Å². The van der Waals surface area contributed by atoms with Gasteiger partial charge in [0.1, 0.15) is 16.8 Å². The van der Waals surface area contributed by atoms with E-state index in [2.05, 4.69) is 27.9 Å². The smallest absolute Gasteiger partial charge is 0.240 e. The first-order chi connectivity index (χ1) is 15.1. The van der Waals surface area contributed by atoms with Crippen molar-refractivity contribution in [3.05, 3.63) is 65.7 Å². The van der Waals surface area contributed by atoms with Gasteiger partial charge in [0.2, 0.25) is 11.1 Å². The van der Waals surface area contributed by atoms with E-state index in [1.54, 1.807) is 12.1 Å². The number of anilines is 1. The van der Waals surface area contributed by atoms with Gasteiger partial charge in [-0.25, -0.2) is 9.07 Å². The number of halogens is 1. The van der Waals surface area contributed by atoms with Crippen LogP contribution in [0, 0.1) is 5.82 Å². The summed E-state index contributed by atoms with van der Waals surface area (Å²) in [5, 5.41) is 11.6.